The first-order valence-electron chi connectivity index (χ1n) is 10.0. The molecule has 0 saturated heterocycles. The molecule has 3 N–H and O–H groups in total. The lowest BCUT2D eigenvalue weighted by Gasteiger charge is -2.25. The van der Waals surface area contributed by atoms with Gasteiger partial charge in [-0.2, -0.15) is 0 Å². The number of hydrogen-bond acceptors (Lipinski definition) is 6. The van der Waals surface area contributed by atoms with Gasteiger partial charge >= 0.3 is 5.97 Å². The second kappa shape index (κ2) is 11.1. The molecule has 0 saturated carbocycles. The average Bonchev–Trinajstić information content (AvgIpc) is 3.22. The molecule has 0 bridgehead atoms. The van der Waals surface area contributed by atoms with Gasteiger partial charge in [0.05, 0.1) is 20.1 Å². The molecule has 0 fully saturated rings. The Bertz CT molecular complexity index is 1110. The fraction of sp³-hybridized carbons (Fsp3) is 0.304. The third-order valence-corrected chi connectivity index (χ3v) is 7.22. The summed E-state index contributed by atoms with van der Waals surface area (Å²) >= 11 is 14.1. The monoisotopic (exact) mass is 512 g/mol. The molecule has 1 aromatic carbocycles. The van der Waals surface area contributed by atoms with Gasteiger partial charge in [0.15, 0.2) is 11.5 Å². The summed E-state index contributed by atoms with van der Waals surface area (Å²) in [7, 11) is 3.04. The van der Waals surface area contributed by atoms with Crippen molar-refractivity contribution < 1.29 is 34.4 Å². The number of hydrogen-bond donors (Lipinski definition) is 3. The Hall–Kier alpha value is -2.52. The molecule has 0 aliphatic rings. The quantitative estimate of drug-likeness (QED) is 0.276. The van der Waals surface area contributed by atoms with Gasteiger partial charge in [0, 0.05) is 39.0 Å². The van der Waals surface area contributed by atoms with E-state index in [0.29, 0.717) is 33.9 Å². The normalized spacial score (nSPS) is 12.9. The van der Waals surface area contributed by atoms with Gasteiger partial charge in [-0.1, -0.05) is 29.3 Å². The molecule has 0 amide bonds. The van der Waals surface area contributed by atoms with Crippen LogP contribution in [0.5, 0.6) is 11.5 Å². The zero-order valence-electron chi connectivity index (χ0n) is 18.0. The number of aromatic nitrogens is 1. The highest BCUT2D eigenvalue weighted by Gasteiger charge is 2.34. The van der Waals surface area contributed by atoms with Crippen LogP contribution in [-0.2, 0) is 17.6 Å². The van der Waals surface area contributed by atoms with E-state index < -0.39 is 17.8 Å². The maximum absolute atomic E-state index is 12.6. The second-order valence-electron chi connectivity index (χ2n) is 7.33. The van der Waals surface area contributed by atoms with Crippen LogP contribution in [0.1, 0.15) is 32.7 Å². The molecule has 0 radical (unpaired) electrons. The van der Waals surface area contributed by atoms with Gasteiger partial charge in [0.1, 0.15) is 10.0 Å². The number of aliphatic carboxylic acids is 1. The summed E-state index contributed by atoms with van der Waals surface area (Å²) in [4.78, 5) is 14.1. The Morgan fingerprint density at radius 3 is 2.33 bits per heavy atom. The molecule has 33 heavy (non-hydrogen) atoms. The highest BCUT2D eigenvalue weighted by molar-refractivity contribution is 7.12. The Kier molecular flexibility index (Phi) is 8.42. The van der Waals surface area contributed by atoms with Crippen molar-refractivity contribution in [3.05, 3.63) is 73.7 Å². The molecule has 10 heteroatoms. The first-order chi connectivity index (χ1) is 15.8. The van der Waals surface area contributed by atoms with Crippen LogP contribution >= 0.6 is 34.5 Å². The summed E-state index contributed by atoms with van der Waals surface area (Å²) < 4.78 is 11.5. The van der Waals surface area contributed by atoms with E-state index in [1.807, 2.05) is 6.07 Å². The van der Waals surface area contributed by atoms with E-state index in [0.717, 1.165) is 9.61 Å². The second-order valence-corrected chi connectivity index (χ2v) is 9.35. The molecule has 1 unspecified atom stereocenters. The third kappa shape index (κ3) is 5.70. The maximum atomic E-state index is 12.6. The molecule has 2 heterocycles. The third-order valence-electron chi connectivity index (χ3n) is 5.34. The highest BCUT2D eigenvalue weighted by atomic mass is 35.5. The van der Waals surface area contributed by atoms with Gasteiger partial charge in [-0.25, -0.2) is 0 Å². The van der Waals surface area contributed by atoms with Crippen LogP contribution in [0, 0.1) is 0 Å². The SMILES string of the molecule is COc1ccc([C@@H](Cc2c(Cl)c[n+](O)cc2Cl)C(C(=O)O)c2ccc(CCO)s2)cc1OC. The Morgan fingerprint density at radius 1 is 1.09 bits per heavy atom. The molecular weight excluding hydrogens is 489 g/mol. The van der Waals surface area contributed by atoms with Crippen LogP contribution in [0.4, 0.5) is 0 Å². The smallest absolute Gasteiger partial charge is 0.312 e. The lowest BCUT2D eigenvalue weighted by atomic mass is 9.80. The number of pyridine rings is 1. The van der Waals surface area contributed by atoms with Gasteiger partial charge in [-0.3, -0.25) is 10.0 Å². The van der Waals surface area contributed by atoms with E-state index in [4.69, 9.17) is 32.7 Å². The summed E-state index contributed by atoms with van der Waals surface area (Å²) in [5, 5.41) is 29.7. The van der Waals surface area contributed by atoms with Gasteiger partial charge in [-0.05, 0) is 36.2 Å². The molecule has 2 atom stereocenters. The summed E-state index contributed by atoms with van der Waals surface area (Å²) in [5.41, 5.74) is 1.21. The summed E-state index contributed by atoms with van der Waals surface area (Å²) in [6.45, 7) is -0.0206. The molecule has 0 spiro atoms. The van der Waals surface area contributed by atoms with Crippen LogP contribution in [0.25, 0.3) is 0 Å². The number of carbonyl (C=O) groups is 1. The van der Waals surface area contributed by atoms with E-state index in [2.05, 4.69) is 0 Å². The highest BCUT2D eigenvalue weighted by Crippen LogP contribution is 2.43. The van der Waals surface area contributed by atoms with Crippen molar-refractivity contribution in [3.63, 3.8) is 0 Å². The van der Waals surface area contributed by atoms with Crippen molar-refractivity contribution >= 4 is 40.5 Å². The van der Waals surface area contributed by atoms with Crippen LogP contribution in [0.3, 0.4) is 0 Å². The largest absolute Gasteiger partial charge is 0.493 e. The number of ether oxygens (including phenoxy) is 2. The number of nitrogens with zero attached hydrogens (tertiary/aromatic N) is 1. The topological polar surface area (TPSA) is 100 Å². The number of aliphatic hydroxyl groups excluding tert-OH is 1. The fourth-order valence-electron chi connectivity index (χ4n) is 3.76. The molecule has 2 aromatic heterocycles. The molecule has 0 aliphatic heterocycles. The number of benzene rings is 1. The van der Waals surface area contributed by atoms with E-state index in [1.165, 1.54) is 38.0 Å². The number of carboxylic acids is 1. The Labute approximate surface area is 205 Å². The van der Waals surface area contributed by atoms with Crippen molar-refractivity contribution in [1.29, 1.82) is 0 Å². The van der Waals surface area contributed by atoms with Crippen molar-refractivity contribution in [3.8, 4) is 11.5 Å². The van der Waals surface area contributed by atoms with Crippen molar-refractivity contribution in [2.24, 2.45) is 0 Å². The zero-order chi connectivity index (χ0) is 24.1. The minimum Gasteiger partial charge on any atom is -0.493 e. The summed E-state index contributed by atoms with van der Waals surface area (Å²) in [6, 6.07) is 8.87. The number of aliphatic hydroxyl groups is 1. The average molecular weight is 513 g/mol. The molecule has 3 aromatic rings. The van der Waals surface area contributed by atoms with Crippen molar-refractivity contribution in [1.82, 2.24) is 0 Å². The zero-order valence-corrected chi connectivity index (χ0v) is 20.3. The van der Waals surface area contributed by atoms with E-state index >= 15 is 0 Å². The van der Waals surface area contributed by atoms with Crippen LogP contribution in [0.15, 0.2) is 42.7 Å². The minimum atomic E-state index is -1.01. The van der Waals surface area contributed by atoms with Gasteiger partial charge in [-0.15, -0.1) is 11.3 Å². The first kappa shape index (κ1) is 25.1. The Morgan fingerprint density at radius 2 is 1.76 bits per heavy atom. The predicted octanol–water partition coefficient (Wildman–Crippen LogP) is 4.33. The van der Waals surface area contributed by atoms with Crippen molar-refractivity contribution in [2.45, 2.75) is 24.7 Å². The fourth-order valence-corrected chi connectivity index (χ4v) is 5.53. The van der Waals surface area contributed by atoms with E-state index in [9.17, 15) is 20.2 Å². The van der Waals surface area contributed by atoms with Crippen LogP contribution in [0.2, 0.25) is 10.0 Å². The van der Waals surface area contributed by atoms with Crippen molar-refractivity contribution in [2.75, 3.05) is 20.8 Å². The number of rotatable bonds is 10. The number of halogens is 2. The van der Waals surface area contributed by atoms with Crippen LogP contribution < -0.4 is 14.2 Å². The van der Waals surface area contributed by atoms with E-state index in [-0.39, 0.29) is 23.1 Å². The van der Waals surface area contributed by atoms with Gasteiger partial charge in [0.25, 0.3) is 0 Å². The standard InChI is InChI=1S/C23H23Cl2NO6S/c1-31-19-5-3-13(9-20(19)32-2)15(10-16-17(24)11-26(30)12-18(16)25)22(23(28)29)21-6-4-14(33-21)7-8-27/h3-6,9,11-12,15,22,27H,7-8,10H2,1-2H3,(H-,28,29,30)/p+1/t15-,22?/m1/s1. The molecular formula is C23H24Cl2NO6S+. The number of carboxylic acid groups (broad SMARTS) is 1. The van der Waals surface area contributed by atoms with Gasteiger partial charge < -0.3 is 19.7 Å². The molecule has 7 nitrogen and oxygen atoms in total. The van der Waals surface area contributed by atoms with E-state index in [1.54, 1.807) is 24.3 Å². The Balaban J connectivity index is 2.15. The molecule has 0 aliphatic carbocycles. The summed E-state index contributed by atoms with van der Waals surface area (Å²) in [5.74, 6) is -1.52. The summed E-state index contributed by atoms with van der Waals surface area (Å²) in [6.07, 6.45) is 3.24. The minimum absolute atomic E-state index is 0.0206. The number of methoxy groups -OCH3 is 2. The van der Waals surface area contributed by atoms with Crippen LogP contribution in [-0.4, -0.2) is 42.2 Å². The lowest BCUT2D eigenvalue weighted by molar-refractivity contribution is -0.904. The predicted molar refractivity (Wildman–Crippen MR) is 125 cm³/mol. The van der Waals surface area contributed by atoms with Gasteiger partial charge in [0.2, 0.25) is 12.4 Å². The number of thiophene rings is 1. The maximum Gasteiger partial charge on any atom is 0.312 e. The lowest BCUT2D eigenvalue weighted by Crippen LogP contribution is -2.29. The molecule has 3 rings (SSSR count). The molecule has 176 valence electrons. The first-order valence-corrected chi connectivity index (χ1v) is 11.6.